The summed E-state index contributed by atoms with van der Waals surface area (Å²) >= 11 is 0. The van der Waals surface area contributed by atoms with Gasteiger partial charge in [-0.15, -0.1) is 0 Å². The Morgan fingerprint density at radius 1 is 1.08 bits per heavy atom. The van der Waals surface area contributed by atoms with Gasteiger partial charge in [0.2, 0.25) is 11.8 Å². The lowest BCUT2D eigenvalue weighted by molar-refractivity contribution is -0.132. The van der Waals surface area contributed by atoms with Gasteiger partial charge in [-0.2, -0.15) is 0 Å². The van der Waals surface area contributed by atoms with E-state index in [9.17, 15) is 14.4 Å². The minimum Gasteiger partial charge on any atom is -0.467 e. The first-order valence-corrected chi connectivity index (χ1v) is 13.0. The van der Waals surface area contributed by atoms with Gasteiger partial charge in [0.25, 0.3) is 5.91 Å². The number of aromatic amines is 1. The van der Waals surface area contributed by atoms with E-state index >= 15 is 0 Å². The van der Waals surface area contributed by atoms with Gasteiger partial charge in [-0.3, -0.25) is 14.4 Å². The lowest BCUT2D eigenvalue weighted by atomic mass is 9.89. The third-order valence-corrected chi connectivity index (χ3v) is 7.51. The predicted molar refractivity (Wildman–Crippen MR) is 142 cm³/mol. The van der Waals surface area contributed by atoms with E-state index in [2.05, 4.69) is 15.6 Å². The maximum Gasteiger partial charge on any atom is 0.255 e. The first-order chi connectivity index (χ1) is 18.4. The Balaban J connectivity index is 1.33. The summed E-state index contributed by atoms with van der Waals surface area (Å²) in [5.74, 6) is 0.0327. The number of amides is 3. The molecule has 0 aliphatic carbocycles. The summed E-state index contributed by atoms with van der Waals surface area (Å²) < 4.78 is 5.32. The monoisotopic (exact) mass is 510 g/mol. The predicted octanol–water partition coefficient (Wildman–Crippen LogP) is 4.08. The van der Waals surface area contributed by atoms with Crippen LogP contribution < -0.4 is 10.6 Å². The van der Waals surface area contributed by atoms with Crippen LogP contribution in [0.3, 0.4) is 0 Å². The van der Waals surface area contributed by atoms with Crippen LogP contribution in [-0.4, -0.2) is 39.7 Å². The summed E-state index contributed by atoms with van der Waals surface area (Å²) in [6.45, 7) is 4.25. The van der Waals surface area contributed by atoms with Gasteiger partial charge in [0.05, 0.1) is 18.8 Å². The Labute approximate surface area is 220 Å². The Morgan fingerprint density at radius 2 is 1.87 bits per heavy atom. The third-order valence-electron chi connectivity index (χ3n) is 7.51. The van der Waals surface area contributed by atoms with Gasteiger partial charge in [0.15, 0.2) is 0 Å². The molecular weight excluding hydrogens is 480 g/mol. The van der Waals surface area contributed by atoms with Gasteiger partial charge in [-0.05, 0) is 47.7 Å². The van der Waals surface area contributed by atoms with Crippen LogP contribution in [0.5, 0.6) is 0 Å². The minimum absolute atomic E-state index is 0.169. The minimum atomic E-state index is -0.751. The van der Waals surface area contributed by atoms with Crippen LogP contribution in [0.25, 0.3) is 10.9 Å². The highest BCUT2D eigenvalue weighted by atomic mass is 16.3. The van der Waals surface area contributed by atoms with E-state index < -0.39 is 12.1 Å². The number of nitrogens with one attached hydrogen (secondary N) is 3. The van der Waals surface area contributed by atoms with E-state index in [1.807, 2.05) is 62.4 Å². The van der Waals surface area contributed by atoms with Gasteiger partial charge in [-0.25, -0.2) is 0 Å². The normalized spacial score (nSPS) is 18.7. The fourth-order valence-corrected chi connectivity index (χ4v) is 5.82. The van der Waals surface area contributed by atoms with E-state index in [4.69, 9.17) is 4.42 Å². The molecule has 4 heterocycles. The van der Waals surface area contributed by atoms with E-state index in [-0.39, 0.29) is 36.2 Å². The molecule has 8 nitrogen and oxygen atoms in total. The van der Waals surface area contributed by atoms with E-state index in [0.717, 1.165) is 27.7 Å². The van der Waals surface area contributed by atoms with Crippen LogP contribution in [0.1, 0.15) is 59.2 Å². The number of aromatic nitrogens is 1. The zero-order valence-electron chi connectivity index (χ0n) is 21.4. The number of carbonyl (C=O) groups is 3. The number of hydrogen-bond acceptors (Lipinski definition) is 4. The van der Waals surface area contributed by atoms with Crippen LogP contribution in [0.15, 0.2) is 71.3 Å². The maximum absolute atomic E-state index is 13.9. The van der Waals surface area contributed by atoms with Gasteiger partial charge >= 0.3 is 0 Å². The fourth-order valence-electron chi connectivity index (χ4n) is 5.82. The van der Waals surface area contributed by atoms with Gasteiger partial charge in [-0.1, -0.05) is 50.2 Å². The number of H-pyrrole nitrogens is 1. The van der Waals surface area contributed by atoms with Crippen LogP contribution in [0, 0.1) is 5.92 Å². The molecule has 3 atom stereocenters. The zero-order chi connectivity index (χ0) is 26.4. The molecule has 38 heavy (non-hydrogen) atoms. The van der Waals surface area contributed by atoms with Gasteiger partial charge in [0.1, 0.15) is 17.8 Å². The average molecular weight is 511 g/mol. The number of rotatable bonds is 7. The first kappa shape index (κ1) is 24.0. The summed E-state index contributed by atoms with van der Waals surface area (Å²) in [5, 5.41) is 6.91. The van der Waals surface area contributed by atoms with Crippen LogP contribution in [0.4, 0.5) is 0 Å². The summed E-state index contributed by atoms with van der Waals surface area (Å²) in [7, 11) is 0. The number of furan rings is 1. The number of para-hydroxylation sites is 1. The Bertz CT molecular complexity index is 1520. The Hall–Kier alpha value is -4.33. The summed E-state index contributed by atoms with van der Waals surface area (Å²) in [4.78, 5) is 45.9. The second-order valence-electron chi connectivity index (χ2n) is 10.5. The van der Waals surface area contributed by atoms with E-state index in [1.165, 1.54) is 0 Å². The van der Waals surface area contributed by atoms with Crippen molar-refractivity contribution in [1.29, 1.82) is 0 Å². The second-order valence-corrected chi connectivity index (χ2v) is 10.5. The molecule has 3 N–H and O–H groups in total. The largest absolute Gasteiger partial charge is 0.467 e. The molecule has 0 spiro atoms. The summed E-state index contributed by atoms with van der Waals surface area (Å²) in [6.07, 6.45) is 2.39. The van der Waals surface area contributed by atoms with Crippen molar-refractivity contribution in [3.05, 3.63) is 95.1 Å². The van der Waals surface area contributed by atoms with E-state index in [1.54, 1.807) is 23.3 Å². The summed E-state index contributed by atoms with van der Waals surface area (Å²) in [6, 6.07) is 17.2. The highest BCUT2D eigenvalue weighted by molar-refractivity contribution is 6.04. The quantitative estimate of drug-likeness (QED) is 0.348. The second kappa shape index (κ2) is 9.52. The molecule has 3 amide bonds. The van der Waals surface area contributed by atoms with Crippen molar-refractivity contribution in [2.75, 3.05) is 0 Å². The molecular formula is C30H30N4O4. The average Bonchev–Trinajstić information content (AvgIpc) is 3.63. The molecule has 2 aromatic heterocycles. The number of hydrogen-bond donors (Lipinski definition) is 3. The number of benzene rings is 2. The van der Waals surface area contributed by atoms with Crippen molar-refractivity contribution in [3.63, 3.8) is 0 Å². The molecule has 194 valence electrons. The van der Waals surface area contributed by atoms with Gasteiger partial charge in [0, 0.05) is 28.6 Å². The fraction of sp³-hybridized carbons (Fsp3) is 0.300. The molecule has 4 aromatic rings. The van der Waals surface area contributed by atoms with Crippen molar-refractivity contribution < 1.29 is 18.8 Å². The molecule has 6 rings (SSSR count). The molecule has 0 fully saturated rings. The third kappa shape index (κ3) is 4.06. The van der Waals surface area contributed by atoms with Gasteiger partial charge < -0.3 is 24.9 Å². The topological polar surface area (TPSA) is 107 Å². The molecule has 0 saturated carbocycles. The number of fused-ring (bicyclic) bond motifs is 7. The molecule has 2 aromatic carbocycles. The standard InChI is InChI=1S/C30H30N4O4/c1-17(2)14-24(28(35)31-16-18-8-7-13-38-18)33-29(36)25-15-22-19-9-5-6-12-23(19)32-26(22)27-20-10-3-4-11-21(20)30(37)34(25)27/h3-13,17,24-25,27,32H,14-16H2,1-2H3,(H,31,35)(H,33,36). The number of nitrogens with zero attached hydrogens (tertiary/aromatic N) is 1. The van der Waals surface area contributed by atoms with Crippen LogP contribution in [0.2, 0.25) is 0 Å². The molecule has 3 unspecified atom stereocenters. The molecule has 0 saturated heterocycles. The highest BCUT2D eigenvalue weighted by Crippen LogP contribution is 2.46. The Morgan fingerprint density at radius 3 is 2.66 bits per heavy atom. The maximum atomic E-state index is 13.9. The lowest BCUT2D eigenvalue weighted by Crippen LogP contribution is -2.56. The Kier molecular flexibility index (Phi) is 6.02. The first-order valence-electron chi connectivity index (χ1n) is 13.0. The van der Waals surface area contributed by atoms with Crippen molar-refractivity contribution in [2.24, 2.45) is 5.92 Å². The molecule has 8 heteroatoms. The van der Waals surface area contributed by atoms with Crippen LogP contribution in [-0.2, 0) is 22.6 Å². The smallest absolute Gasteiger partial charge is 0.255 e. The summed E-state index contributed by atoms with van der Waals surface area (Å²) in [5.41, 5.74) is 4.46. The molecule has 2 aliphatic heterocycles. The SMILES string of the molecule is CC(C)CC(NC(=O)C1Cc2c([nH]c3ccccc23)C2c3ccccc3C(=O)N12)C(=O)NCc1ccco1. The van der Waals surface area contributed by atoms with Crippen molar-refractivity contribution in [1.82, 2.24) is 20.5 Å². The highest BCUT2D eigenvalue weighted by Gasteiger charge is 2.49. The zero-order valence-corrected chi connectivity index (χ0v) is 21.4. The molecule has 2 aliphatic rings. The van der Waals surface area contributed by atoms with Crippen molar-refractivity contribution in [2.45, 2.75) is 51.4 Å². The number of carbonyl (C=O) groups excluding carboxylic acids is 3. The van der Waals surface area contributed by atoms with E-state index in [0.29, 0.717) is 24.2 Å². The lowest BCUT2D eigenvalue weighted by Gasteiger charge is -2.37. The molecule has 0 radical (unpaired) electrons. The van der Waals surface area contributed by atoms with Crippen molar-refractivity contribution in [3.8, 4) is 0 Å². The van der Waals surface area contributed by atoms with Crippen LogP contribution >= 0.6 is 0 Å². The van der Waals surface area contributed by atoms with Crippen molar-refractivity contribution >= 4 is 28.6 Å². The molecule has 0 bridgehead atoms.